The van der Waals surface area contributed by atoms with E-state index in [1.54, 1.807) is 12.1 Å². The van der Waals surface area contributed by atoms with E-state index < -0.39 is 24.0 Å². The van der Waals surface area contributed by atoms with Crippen molar-refractivity contribution in [2.45, 2.75) is 19.1 Å². The molecule has 4 aromatic rings. The number of hydrogen-bond donors (Lipinski definition) is 1. The quantitative estimate of drug-likeness (QED) is 0.533. The van der Waals surface area contributed by atoms with Crippen molar-refractivity contribution in [2.75, 3.05) is 0 Å². The van der Waals surface area contributed by atoms with Gasteiger partial charge in [0, 0.05) is 11.6 Å². The zero-order valence-corrected chi connectivity index (χ0v) is 15.7. The summed E-state index contributed by atoms with van der Waals surface area (Å²) in [4.78, 5) is 16.9. The van der Waals surface area contributed by atoms with E-state index in [0.717, 1.165) is 4.57 Å². The van der Waals surface area contributed by atoms with Crippen LogP contribution < -0.4 is 5.56 Å². The molecule has 0 bridgehead atoms. The zero-order valence-electron chi connectivity index (χ0n) is 15.7. The Hall–Kier alpha value is -4.13. The van der Waals surface area contributed by atoms with Crippen molar-refractivity contribution < 1.29 is 22.8 Å². The van der Waals surface area contributed by atoms with Gasteiger partial charge >= 0.3 is 6.18 Å². The third-order valence-corrected chi connectivity index (χ3v) is 4.58. The average Bonchev–Trinajstić information content (AvgIpc) is 3.18. The molecule has 0 saturated carbocycles. The van der Waals surface area contributed by atoms with Gasteiger partial charge in [0.1, 0.15) is 29.8 Å². The molecule has 4 rings (SSSR count). The van der Waals surface area contributed by atoms with Crippen molar-refractivity contribution >= 4 is 10.9 Å². The Balaban J connectivity index is 1.74. The molecule has 0 aliphatic rings. The average molecular weight is 426 g/mol. The van der Waals surface area contributed by atoms with Crippen LogP contribution >= 0.6 is 0 Å². The molecule has 0 unspecified atom stereocenters. The number of halogens is 3. The molecule has 0 fully saturated rings. The number of nitrogens with zero attached hydrogens (tertiary/aromatic N) is 4. The van der Waals surface area contributed by atoms with E-state index in [2.05, 4.69) is 10.1 Å². The lowest BCUT2D eigenvalue weighted by atomic mass is 10.1. The highest BCUT2D eigenvalue weighted by Crippen LogP contribution is 2.27. The second-order valence-corrected chi connectivity index (χ2v) is 6.75. The second kappa shape index (κ2) is 7.60. The topological polar surface area (TPSA) is 105 Å². The van der Waals surface area contributed by atoms with Gasteiger partial charge in [-0.25, -0.2) is 4.98 Å². The Morgan fingerprint density at radius 1 is 1.16 bits per heavy atom. The minimum absolute atomic E-state index is 0.0778. The lowest BCUT2D eigenvalue weighted by Gasteiger charge is -2.13. The fourth-order valence-corrected chi connectivity index (χ4v) is 3.16. The molecule has 0 amide bonds. The Morgan fingerprint density at radius 2 is 1.94 bits per heavy atom. The summed E-state index contributed by atoms with van der Waals surface area (Å²) in [6, 6.07) is 13.7. The molecule has 10 heteroatoms. The van der Waals surface area contributed by atoms with Crippen molar-refractivity contribution in [3.63, 3.8) is 0 Å². The number of rotatable bonds is 4. The molecule has 1 N–H and O–H groups in total. The fraction of sp³-hybridized carbons (Fsp3) is 0.143. The molecule has 0 atom stereocenters. The first-order valence-corrected chi connectivity index (χ1v) is 8.99. The highest BCUT2D eigenvalue weighted by Gasteiger charge is 2.31. The van der Waals surface area contributed by atoms with E-state index in [1.165, 1.54) is 36.4 Å². The summed E-state index contributed by atoms with van der Waals surface area (Å²) in [7, 11) is 0. The highest BCUT2D eigenvalue weighted by atomic mass is 19.4. The number of nitriles is 1. The number of aromatic nitrogens is 3. The Morgan fingerprint density at radius 3 is 2.65 bits per heavy atom. The number of fused-ring (bicyclic) bond motifs is 1. The van der Waals surface area contributed by atoms with Crippen LogP contribution in [-0.4, -0.2) is 26.0 Å². The van der Waals surface area contributed by atoms with Gasteiger partial charge in [-0.1, -0.05) is 17.3 Å². The first kappa shape index (κ1) is 20.2. The molecule has 2 heterocycles. The monoisotopic (exact) mass is 426 g/mol. The van der Waals surface area contributed by atoms with Crippen LogP contribution in [0.5, 0.6) is 5.75 Å². The first-order chi connectivity index (χ1) is 14.7. The Bertz CT molecular complexity index is 1380. The number of hydrogen-bond acceptors (Lipinski definition) is 6. The van der Waals surface area contributed by atoms with E-state index in [4.69, 9.17) is 9.78 Å². The summed E-state index contributed by atoms with van der Waals surface area (Å²) in [6.45, 7) is -0.284. The molecular formula is C21H13F3N4O3. The van der Waals surface area contributed by atoms with Crippen LogP contribution in [0.3, 0.4) is 0 Å². The van der Waals surface area contributed by atoms with Gasteiger partial charge < -0.3 is 9.63 Å². The molecule has 0 spiro atoms. The normalized spacial score (nSPS) is 11.5. The minimum Gasteiger partial charge on any atom is -0.507 e. The van der Waals surface area contributed by atoms with E-state index in [-0.39, 0.29) is 40.2 Å². The lowest BCUT2D eigenvalue weighted by molar-refractivity contribution is -0.129. The third kappa shape index (κ3) is 4.11. The number of phenols is 1. The van der Waals surface area contributed by atoms with Crippen LogP contribution in [0, 0.1) is 11.3 Å². The number of phenolic OH excluding ortho intramolecular Hbond substituents is 1. The molecule has 7 nitrogen and oxygen atoms in total. The summed E-state index contributed by atoms with van der Waals surface area (Å²) in [6.07, 6.45) is -5.93. The number of alkyl halides is 3. The molecule has 31 heavy (non-hydrogen) atoms. The molecular weight excluding hydrogens is 413 g/mol. The Kier molecular flexibility index (Phi) is 4.94. The number of aromatic hydroxyl groups is 1. The standard InChI is InChI=1S/C21H13F3N4O3/c22-21(23,24)9-19-26-16-4-2-1-3-15(16)20(30)28(19)11-14-8-18(31-27-14)12-5-6-13(10-25)17(29)7-12/h1-8,29H,9,11H2. The van der Waals surface area contributed by atoms with Crippen molar-refractivity contribution in [1.29, 1.82) is 5.26 Å². The molecule has 0 radical (unpaired) electrons. The zero-order chi connectivity index (χ0) is 22.2. The molecule has 2 aromatic carbocycles. The number of para-hydroxylation sites is 1. The summed E-state index contributed by atoms with van der Waals surface area (Å²) in [5, 5.41) is 22.7. The van der Waals surface area contributed by atoms with Crippen molar-refractivity contribution in [1.82, 2.24) is 14.7 Å². The van der Waals surface area contributed by atoms with Crippen LogP contribution in [-0.2, 0) is 13.0 Å². The van der Waals surface area contributed by atoms with E-state index in [0.29, 0.717) is 5.56 Å². The largest absolute Gasteiger partial charge is 0.507 e. The van der Waals surface area contributed by atoms with Crippen molar-refractivity contribution in [3.8, 4) is 23.1 Å². The maximum atomic E-state index is 13.1. The molecule has 156 valence electrons. The van der Waals surface area contributed by atoms with Crippen LogP contribution in [0.2, 0.25) is 0 Å². The molecule has 2 aromatic heterocycles. The van der Waals surface area contributed by atoms with Crippen molar-refractivity contribution in [2.24, 2.45) is 0 Å². The molecule has 0 aliphatic carbocycles. The minimum atomic E-state index is -4.56. The fourth-order valence-electron chi connectivity index (χ4n) is 3.16. The Labute approximate surface area is 172 Å². The first-order valence-electron chi connectivity index (χ1n) is 8.99. The van der Waals surface area contributed by atoms with Gasteiger partial charge in [0.25, 0.3) is 5.56 Å². The smallest absolute Gasteiger partial charge is 0.396 e. The summed E-state index contributed by atoms with van der Waals surface area (Å²) in [5.41, 5.74) is 0.243. The summed E-state index contributed by atoms with van der Waals surface area (Å²) in [5.74, 6) is -0.467. The third-order valence-electron chi connectivity index (χ3n) is 4.58. The SMILES string of the molecule is N#Cc1ccc(-c2cc(Cn3c(CC(F)(F)F)nc4ccccc4c3=O)no2)cc1O. The van der Waals surface area contributed by atoms with Crippen LogP contribution in [0.1, 0.15) is 17.1 Å². The molecule has 0 aliphatic heterocycles. The van der Waals surface area contributed by atoms with Crippen LogP contribution in [0.4, 0.5) is 13.2 Å². The maximum absolute atomic E-state index is 13.1. The second-order valence-electron chi connectivity index (χ2n) is 6.75. The van der Waals surface area contributed by atoms with E-state index in [9.17, 15) is 23.1 Å². The van der Waals surface area contributed by atoms with Gasteiger partial charge in [-0.15, -0.1) is 0 Å². The molecule has 0 saturated heterocycles. The van der Waals surface area contributed by atoms with Gasteiger partial charge in [0.15, 0.2) is 5.76 Å². The van der Waals surface area contributed by atoms with Gasteiger partial charge in [-0.2, -0.15) is 18.4 Å². The van der Waals surface area contributed by atoms with E-state index >= 15 is 0 Å². The van der Waals surface area contributed by atoms with Gasteiger partial charge in [0.2, 0.25) is 0 Å². The summed E-state index contributed by atoms with van der Waals surface area (Å²) >= 11 is 0. The highest BCUT2D eigenvalue weighted by molar-refractivity contribution is 5.77. The predicted octanol–water partition coefficient (Wildman–Crippen LogP) is 3.78. The van der Waals surface area contributed by atoms with E-state index in [1.807, 2.05) is 6.07 Å². The van der Waals surface area contributed by atoms with Gasteiger partial charge in [-0.05, 0) is 30.3 Å². The van der Waals surface area contributed by atoms with Crippen molar-refractivity contribution in [3.05, 3.63) is 76.0 Å². The van der Waals surface area contributed by atoms with Crippen LogP contribution in [0.15, 0.2) is 57.8 Å². The maximum Gasteiger partial charge on any atom is 0.396 e. The lowest BCUT2D eigenvalue weighted by Crippen LogP contribution is -2.29. The number of benzene rings is 2. The van der Waals surface area contributed by atoms with Gasteiger partial charge in [0.05, 0.1) is 23.0 Å². The van der Waals surface area contributed by atoms with Crippen LogP contribution in [0.25, 0.3) is 22.2 Å². The summed E-state index contributed by atoms with van der Waals surface area (Å²) < 4.78 is 45.4. The predicted molar refractivity (Wildman–Crippen MR) is 103 cm³/mol. The van der Waals surface area contributed by atoms with Gasteiger partial charge in [-0.3, -0.25) is 9.36 Å².